The minimum Gasteiger partial charge on any atom is -0.316 e. The Morgan fingerprint density at radius 2 is 2.14 bits per heavy atom. The lowest BCUT2D eigenvalue weighted by Gasteiger charge is -2.08. The Hall–Kier alpha value is -1.91. The number of halogens is 1. The van der Waals surface area contributed by atoms with E-state index in [1.165, 1.54) is 12.0 Å². The van der Waals surface area contributed by atoms with E-state index in [1.54, 1.807) is 0 Å². The molecule has 0 aliphatic carbocycles. The van der Waals surface area contributed by atoms with E-state index >= 15 is 0 Å². The molecule has 3 aromatic heterocycles. The number of imidazole rings is 1. The zero-order valence-electron chi connectivity index (χ0n) is 12.2. The molecule has 4 rings (SSSR count). The number of hydrogen-bond acceptors (Lipinski definition) is 3. The van der Waals surface area contributed by atoms with E-state index in [0.29, 0.717) is 5.02 Å². The van der Waals surface area contributed by atoms with Crippen molar-refractivity contribution in [3.8, 4) is 11.4 Å². The van der Waals surface area contributed by atoms with Gasteiger partial charge in [-0.2, -0.15) is 0 Å². The van der Waals surface area contributed by atoms with Crippen LogP contribution in [0.5, 0.6) is 0 Å². The van der Waals surface area contributed by atoms with Crippen LogP contribution in [0.1, 0.15) is 12.0 Å². The number of nitrogens with one attached hydrogen (secondary N) is 1. The summed E-state index contributed by atoms with van der Waals surface area (Å²) in [7, 11) is 0. The average Bonchev–Trinajstić information content (AvgIpc) is 3.17. The molecule has 22 heavy (non-hydrogen) atoms. The Bertz CT molecular complexity index is 788. The fraction of sp³-hybridized carbons (Fsp3) is 0.294. The van der Waals surface area contributed by atoms with Crippen LogP contribution in [-0.2, 0) is 6.42 Å². The molecule has 112 valence electrons. The van der Waals surface area contributed by atoms with Gasteiger partial charge in [0.2, 0.25) is 0 Å². The molecule has 3 aromatic rings. The average molecular weight is 313 g/mol. The van der Waals surface area contributed by atoms with Crippen LogP contribution in [0.4, 0.5) is 0 Å². The van der Waals surface area contributed by atoms with Gasteiger partial charge in [-0.05, 0) is 55.6 Å². The van der Waals surface area contributed by atoms with Crippen molar-refractivity contribution >= 4 is 17.2 Å². The van der Waals surface area contributed by atoms with E-state index in [1.807, 2.05) is 35.1 Å². The van der Waals surface area contributed by atoms with Crippen molar-refractivity contribution < 1.29 is 0 Å². The van der Waals surface area contributed by atoms with Crippen LogP contribution in [0.2, 0.25) is 5.02 Å². The van der Waals surface area contributed by atoms with Gasteiger partial charge in [-0.25, -0.2) is 4.98 Å². The third-order valence-electron chi connectivity index (χ3n) is 4.24. The van der Waals surface area contributed by atoms with E-state index in [2.05, 4.69) is 27.4 Å². The van der Waals surface area contributed by atoms with E-state index < -0.39 is 0 Å². The molecule has 1 aliphatic rings. The maximum absolute atomic E-state index is 6.08. The Morgan fingerprint density at radius 1 is 1.18 bits per heavy atom. The number of hydrogen-bond donors (Lipinski definition) is 1. The van der Waals surface area contributed by atoms with Crippen molar-refractivity contribution in [1.29, 1.82) is 0 Å². The SMILES string of the molecule is Clc1ccc2ncc(-c3ccc(C[C@H]4CCNC4)cn3)n2c1. The molecule has 0 unspecified atom stereocenters. The van der Waals surface area contributed by atoms with Crippen molar-refractivity contribution in [3.05, 3.63) is 53.4 Å². The molecule has 1 aliphatic heterocycles. The van der Waals surface area contributed by atoms with Crippen LogP contribution in [0, 0.1) is 5.92 Å². The van der Waals surface area contributed by atoms with Gasteiger partial charge in [-0.1, -0.05) is 17.7 Å². The van der Waals surface area contributed by atoms with E-state index in [-0.39, 0.29) is 0 Å². The molecule has 1 N–H and O–H groups in total. The molecule has 0 aromatic carbocycles. The summed E-state index contributed by atoms with van der Waals surface area (Å²) in [5.41, 5.74) is 4.06. The van der Waals surface area contributed by atoms with Gasteiger partial charge in [-0.3, -0.25) is 9.38 Å². The number of nitrogens with zero attached hydrogens (tertiary/aromatic N) is 3. The fourth-order valence-corrected chi connectivity index (χ4v) is 3.22. The first-order valence-corrected chi connectivity index (χ1v) is 7.96. The van der Waals surface area contributed by atoms with Gasteiger partial charge in [0.05, 0.1) is 22.6 Å². The molecule has 0 bridgehead atoms. The van der Waals surface area contributed by atoms with Crippen molar-refractivity contribution in [1.82, 2.24) is 19.7 Å². The second-order valence-corrected chi connectivity index (χ2v) is 6.27. The lowest BCUT2D eigenvalue weighted by molar-refractivity contribution is 0.579. The molecule has 1 saturated heterocycles. The van der Waals surface area contributed by atoms with Gasteiger partial charge in [-0.15, -0.1) is 0 Å². The minimum absolute atomic E-state index is 0.692. The summed E-state index contributed by atoms with van der Waals surface area (Å²) in [5, 5.41) is 4.10. The van der Waals surface area contributed by atoms with Gasteiger partial charge in [0.25, 0.3) is 0 Å². The molecule has 0 radical (unpaired) electrons. The first-order valence-electron chi connectivity index (χ1n) is 7.58. The molecule has 1 fully saturated rings. The van der Waals surface area contributed by atoms with Crippen LogP contribution < -0.4 is 5.32 Å². The number of fused-ring (bicyclic) bond motifs is 1. The molecule has 0 amide bonds. The highest BCUT2D eigenvalue weighted by molar-refractivity contribution is 6.30. The standard InChI is InChI=1S/C17H17ClN4/c18-14-2-4-17-21-10-16(22(17)11-14)15-3-1-12(9-20-15)7-13-5-6-19-8-13/h1-4,9-11,13,19H,5-8H2/t13-/m1/s1. The molecule has 5 heteroatoms. The number of rotatable bonds is 3. The Labute approximate surface area is 134 Å². The molecule has 4 heterocycles. The van der Waals surface area contributed by atoms with Crippen molar-refractivity contribution in [2.45, 2.75) is 12.8 Å². The van der Waals surface area contributed by atoms with E-state index in [9.17, 15) is 0 Å². The third kappa shape index (κ3) is 2.60. The van der Waals surface area contributed by atoms with Gasteiger partial charge in [0.1, 0.15) is 5.65 Å². The van der Waals surface area contributed by atoms with Crippen LogP contribution in [0.25, 0.3) is 17.0 Å². The van der Waals surface area contributed by atoms with Crippen LogP contribution >= 0.6 is 11.6 Å². The lowest BCUT2D eigenvalue weighted by Crippen LogP contribution is -2.10. The predicted molar refractivity (Wildman–Crippen MR) is 88.1 cm³/mol. The zero-order valence-corrected chi connectivity index (χ0v) is 12.9. The largest absolute Gasteiger partial charge is 0.316 e. The van der Waals surface area contributed by atoms with Gasteiger partial charge >= 0.3 is 0 Å². The van der Waals surface area contributed by atoms with E-state index in [0.717, 1.165) is 42.5 Å². The lowest BCUT2D eigenvalue weighted by atomic mass is 10.00. The summed E-state index contributed by atoms with van der Waals surface area (Å²) >= 11 is 6.08. The second kappa shape index (κ2) is 5.71. The van der Waals surface area contributed by atoms with Gasteiger partial charge < -0.3 is 5.32 Å². The molecule has 4 nitrogen and oxygen atoms in total. The summed E-state index contributed by atoms with van der Waals surface area (Å²) < 4.78 is 1.98. The second-order valence-electron chi connectivity index (χ2n) is 5.83. The summed E-state index contributed by atoms with van der Waals surface area (Å²) in [6.45, 7) is 2.26. The van der Waals surface area contributed by atoms with Crippen LogP contribution in [-0.4, -0.2) is 27.5 Å². The Balaban J connectivity index is 1.62. The maximum atomic E-state index is 6.08. The topological polar surface area (TPSA) is 42.2 Å². The molecule has 1 atom stereocenters. The summed E-state index contributed by atoms with van der Waals surface area (Å²) in [4.78, 5) is 9.02. The predicted octanol–water partition coefficient (Wildman–Crippen LogP) is 3.20. The monoisotopic (exact) mass is 312 g/mol. The zero-order chi connectivity index (χ0) is 14.9. The van der Waals surface area contributed by atoms with E-state index in [4.69, 9.17) is 11.6 Å². The summed E-state index contributed by atoms with van der Waals surface area (Å²) in [5.74, 6) is 0.738. The molecular weight excluding hydrogens is 296 g/mol. The third-order valence-corrected chi connectivity index (χ3v) is 4.47. The number of pyridine rings is 2. The van der Waals surface area contributed by atoms with Gasteiger partial charge in [0, 0.05) is 12.4 Å². The highest BCUT2D eigenvalue weighted by Gasteiger charge is 2.15. The summed E-state index contributed by atoms with van der Waals surface area (Å²) in [6.07, 6.45) is 8.05. The minimum atomic E-state index is 0.692. The Kier molecular flexibility index (Phi) is 3.56. The summed E-state index contributed by atoms with van der Waals surface area (Å²) in [6, 6.07) is 8.00. The Morgan fingerprint density at radius 3 is 2.91 bits per heavy atom. The quantitative estimate of drug-likeness (QED) is 0.807. The van der Waals surface area contributed by atoms with Crippen molar-refractivity contribution in [3.63, 3.8) is 0 Å². The van der Waals surface area contributed by atoms with Crippen LogP contribution in [0.15, 0.2) is 42.9 Å². The maximum Gasteiger partial charge on any atom is 0.137 e. The van der Waals surface area contributed by atoms with Crippen molar-refractivity contribution in [2.75, 3.05) is 13.1 Å². The first-order chi connectivity index (χ1) is 10.8. The highest BCUT2D eigenvalue weighted by Crippen LogP contribution is 2.22. The first kappa shape index (κ1) is 13.7. The smallest absolute Gasteiger partial charge is 0.137 e. The normalized spacial score (nSPS) is 18.1. The number of aromatic nitrogens is 3. The molecular formula is C17H17ClN4. The van der Waals surface area contributed by atoms with Crippen LogP contribution in [0.3, 0.4) is 0 Å². The highest BCUT2D eigenvalue weighted by atomic mass is 35.5. The molecule has 0 saturated carbocycles. The van der Waals surface area contributed by atoms with Gasteiger partial charge in [0.15, 0.2) is 0 Å². The van der Waals surface area contributed by atoms with Crippen molar-refractivity contribution in [2.24, 2.45) is 5.92 Å². The fourth-order valence-electron chi connectivity index (χ4n) is 3.06. The molecule has 0 spiro atoms.